The van der Waals surface area contributed by atoms with Crippen LogP contribution in [0.5, 0.6) is 11.5 Å². The van der Waals surface area contributed by atoms with Crippen LogP contribution in [-0.4, -0.2) is 16.9 Å². The van der Waals surface area contributed by atoms with Gasteiger partial charge in [-0.25, -0.2) is 4.99 Å². The van der Waals surface area contributed by atoms with E-state index in [9.17, 15) is 13.6 Å². The fourth-order valence-corrected chi connectivity index (χ4v) is 5.00. The molecule has 0 saturated carbocycles. The lowest BCUT2D eigenvalue weighted by atomic mass is 9.93. The number of hydrogen-bond donors (Lipinski definition) is 0. The predicted octanol–water partition coefficient (Wildman–Crippen LogP) is 3.06. The van der Waals surface area contributed by atoms with E-state index in [1.807, 2.05) is 31.2 Å². The molecule has 148 valence electrons. The molecule has 2 aliphatic heterocycles. The molecule has 3 heterocycles. The zero-order chi connectivity index (χ0) is 20.2. The van der Waals surface area contributed by atoms with Gasteiger partial charge in [-0.1, -0.05) is 47.7 Å². The number of hydrogen-bond acceptors (Lipinski definition) is 5. The van der Waals surface area contributed by atoms with Gasteiger partial charge >= 0.3 is 6.61 Å². The fourth-order valence-electron chi connectivity index (χ4n) is 3.88. The third kappa shape index (κ3) is 3.04. The van der Waals surface area contributed by atoms with E-state index >= 15 is 0 Å². The maximum absolute atomic E-state index is 13.2. The van der Waals surface area contributed by atoms with E-state index in [1.54, 1.807) is 28.8 Å². The summed E-state index contributed by atoms with van der Waals surface area (Å²) in [5.41, 5.74) is 0.401. The first-order chi connectivity index (χ1) is 13.9. The highest BCUT2D eigenvalue weighted by atomic mass is 32.1. The summed E-state index contributed by atoms with van der Waals surface area (Å²) in [6.45, 7) is -1.04. The first kappa shape index (κ1) is 18.1. The Morgan fingerprint density at radius 3 is 2.86 bits per heavy atom. The van der Waals surface area contributed by atoms with Gasteiger partial charge < -0.3 is 9.47 Å². The Balaban J connectivity index is 1.70. The van der Waals surface area contributed by atoms with Crippen LogP contribution >= 0.6 is 11.3 Å². The van der Waals surface area contributed by atoms with E-state index in [0.717, 1.165) is 11.3 Å². The van der Waals surface area contributed by atoms with Crippen molar-refractivity contribution in [3.8, 4) is 11.5 Å². The van der Waals surface area contributed by atoms with Crippen molar-refractivity contribution in [1.82, 2.24) is 4.57 Å². The second kappa shape index (κ2) is 6.52. The summed E-state index contributed by atoms with van der Waals surface area (Å²) in [5.74, 6) is 0.745. The Kier molecular flexibility index (Phi) is 4.06. The van der Waals surface area contributed by atoms with Gasteiger partial charge in [0.1, 0.15) is 11.5 Å². The number of ether oxygens (including phenoxy) is 2. The van der Waals surface area contributed by atoms with Crippen LogP contribution in [-0.2, 0) is 0 Å². The van der Waals surface area contributed by atoms with E-state index in [1.165, 1.54) is 17.4 Å². The molecule has 29 heavy (non-hydrogen) atoms. The smallest absolute Gasteiger partial charge is 0.387 e. The van der Waals surface area contributed by atoms with Crippen LogP contribution < -0.4 is 24.4 Å². The van der Waals surface area contributed by atoms with Gasteiger partial charge in [0, 0.05) is 17.5 Å². The molecule has 3 aromatic rings. The number of halogens is 2. The first-order valence-corrected chi connectivity index (χ1v) is 9.90. The number of nitrogens with zero attached hydrogens (tertiary/aromatic N) is 2. The quantitative estimate of drug-likeness (QED) is 0.662. The maximum Gasteiger partial charge on any atom is 0.387 e. The monoisotopic (exact) mass is 414 g/mol. The lowest BCUT2D eigenvalue weighted by Crippen LogP contribution is -2.49. The standard InChI is InChI=1S/C21H16F2N2O3S/c1-21-11-14(13-7-3-5-9-16(13)28-21)25-18(26)17(29-20(25)24-21)10-12-6-2-4-8-15(12)27-19(22)23/h2-10,14,19H,11H2,1H3. The van der Waals surface area contributed by atoms with E-state index < -0.39 is 12.3 Å². The third-order valence-electron chi connectivity index (χ3n) is 5.08. The normalized spacial score (nSPS) is 22.5. The van der Waals surface area contributed by atoms with Crippen LogP contribution in [0.15, 0.2) is 58.3 Å². The van der Waals surface area contributed by atoms with Crippen molar-refractivity contribution in [3.05, 3.63) is 79.3 Å². The summed E-state index contributed by atoms with van der Waals surface area (Å²) in [5, 5.41) is 0. The van der Waals surface area contributed by atoms with Gasteiger partial charge in [0.25, 0.3) is 5.56 Å². The Bertz CT molecular complexity index is 1280. The molecular formula is C21H16F2N2O3S. The summed E-state index contributed by atoms with van der Waals surface area (Å²) >= 11 is 1.22. The van der Waals surface area contributed by atoms with Crippen molar-refractivity contribution in [2.75, 3.05) is 0 Å². The maximum atomic E-state index is 13.2. The zero-order valence-corrected chi connectivity index (χ0v) is 16.2. The van der Waals surface area contributed by atoms with Gasteiger partial charge in [-0.2, -0.15) is 8.78 Å². The highest BCUT2D eigenvalue weighted by Gasteiger charge is 2.42. The molecule has 0 amide bonds. The number of rotatable bonds is 3. The van der Waals surface area contributed by atoms with Crippen molar-refractivity contribution in [1.29, 1.82) is 0 Å². The zero-order valence-electron chi connectivity index (χ0n) is 15.3. The second-order valence-electron chi connectivity index (χ2n) is 7.13. The average molecular weight is 414 g/mol. The number of benzene rings is 2. The molecule has 2 bridgehead atoms. The predicted molar refractivity (Wildman–Crippen MR) is 104 cm³/mol. The second-order valence-corrected chi connectivity index (χ2v) is 8.14. The molecule has 0 radical (unpaired) electrons. The van der Waals surface area contributed by atoms with Gasteiger partial charge in [-0.15, -0.1) is 0 Å². The molecule has 0 N–H and O–H groups in total. The Morgan fingerprint density at radius 1 is 1.28 bits per heavy atom. The molecule has 2 aromatic carbocycles. The van der Waals surface area contributed by atoms with Gasteiger partial charge in [0.2, 0.25) is 5.72 Å². The van der Waals surface area contributed by atoms with Crippen LogP contribution in [0.3, 0.4) is 0 Å². The van der Waals surface area contributed by atoms with Gasteiger partial charge in [-0.3, -0.25) is 9.36 Å². The minimum atomic E-state index is -2.94. The summed E-state index contributed by atoms with van der Waals surface area (Å²) in [6.07, 6.45) is 2.13. The van der Waals surface area contributed by atoms with E-state index in [4.69, 9.17) is 4.74 Å². The molecular weight excluding hydrogens is 398 g/mol. The molecule has 5 rings (SSSR count). The highest BCUT2D eigenvalue weighted by molar-refractivity contribution is 7.07. The SMILES string of the molecule is CC12CC(c3ccccc3O1)n1c(sc(=Cc3ccccc3OC(F)F)c1=O)=N2. The van der Waals surface area contributed by atoms with Crippen LogP contribution in [0.25, 0.3) is 6.08 Å². The molecule has 0 fully saturated rings. The van der Waals surface area contributed by atoms with Gasteiger partial charge in [0.05, 0.1) is 10.6 Å². The topological polar surface area (TPSA) is 52.8 Å². The van der Waals surface area contributed by atoms with Crippen molar-refractivity contribution in [2.45, 2.75) is 31.7 Å². The van der Waals surface area contributed by atoms with Gasteiger partial charge in [0.15, 0.2) is 4.80 Å². The van der Waals surface area contributed by atoms with Gasteiger partial charge in [-0.05, 0) is 25.1 Å². The third-order valence-corrected chi connectivity index (χ3v) is 6.07. The number of aromatic nitrogens is 1. The molecule has 0 spiro atoms. The molecule has 2 unspecified atom stereocenters. The number of alkyl halides is 2. The van der Waals surface area contributed by atoms with Crippen LogP contribution in [0.1, 0.15) is 30.5 Å². The Morgan fingerprint density at radius 2 is 2.03 bits per heavy atom. The van der Waals surface area contributed by atoms with E-state index in [2.05, 4.69) is 9.73 Å². The lowest BCUT2D eigenvalue weighted by Gasteiger charge is -2.39. The fraction of sp³-hybridized carbons (Fsp3) is 0.238. The molecule has 5 nitrogen and oxygen atoms in total. The summed E-state index contributed by atoms with van der Waals surface area (Å²) in [7, 11) is 0. The minimum Gasteiger partial charge on any atom is -0.466 e. The highest BCUT2D eigenvalue weighted by Crippen LogP contribution is 2.42. The van der Waals surface area contributed by atoms with E-state index in [-0.39, 0.29) is 17.4 Å². The van der Waals surface area contributed by atoms with E-state index in [0.29, 0.717) is 21.3 Å². The molecule has 8 heteroatoms. The number of fused-ring (bicyclic) bond motifs is 6. The molecule has 2 atom stereocenters. The number of thiazole rings is 1. The molecule has 0 saturated heterocycles. The first-order valence-electron chi connectivity index (χ1n) is 9.08. The lowest BCUT2D eigenvalue weighted by molar-refractivity contribution is -0.0499. The largest absolute Gasteiger partial charge is 0.466 e. The number of para-hydroxylation sites is 2. The summed E-state index contributed by atoms with van der Waals surface area (Å²) < 4.78 is 38.2. The van der Waals surface area contributed by atoms with Crippen molar-refractivity contribution >= 4 is 17.4 Å². The molecule has 2 aliphatic rings. The van der Waals surface area contributed by atoms with Crippen molar-refractivity contribution in [2.24, 2.45) is 4.99 Å². The van der Waals surface area contributed by atoms with Crippen molar-refractivity contribution < 1.29 is 18.3 Å². The summed E-state index contributed by atoms with van der Waals surface area (Å²) in [6, 6.07) is 13.8. The molecule has 0 aliphatic carbocycles. The summed E-state index contributed by atoms with van der Waals surface area (Å²) in [4.78, 5) is 18.5. The van der Waals surface area contributed by atoms with Crippen LogP contribution in [0, 0.1) is 0 Å². The van der Waals surface area contributed by atoms with Crippen LogP contribution in [0.4, 0.5) is 8.78 Å². The minimum absolute atomic E-state index is 0.0228. The van der Waals surface area contributed by atoms with Crippen molar-refractivity contribution in [3.63, 3.8) is 0 Å². The average Bonchev–Trinajstić information content (AvgIpc) is 2.97. The Hall–Kier alpha value is -3.00. The molecule has 1 aromatic heterocycles. The van der Waals surface area contributed by atoms with Crippen LogP contribution in [0.2, 0.25) is 0 Å². The Labute approximate surface area is 168 Å².